The minimum absolute atomic E-state index is 0.0323. The van der Waals surface area contributed by atoms with Gasteiger partial charge in [-0.1, -0.05) is 11.6 Å². The zero-order chi connectivity index (χ0) is 24.9. The van der Waals surface area contributed by atoms with Gasteiger partial charge in [0.05, 0.1) is 19.3 Å². The molecule has 0 radical (unpaired) electrons. The zero-order valence-corrected chi connectivity index (χ0v) is 20.8. The lowest BCUT2D eigenvalue weighted by Gasteiger charge is -2.33. The molecule has 1 N–H and O–H groups in total. The predicted octanol–water partition coefficient (Wildman–Crippen LogP) is 3.32. The summed E-state index contributed by atoms with van der Waals surface area (Å²) in [5, 5.41) is 11.5. The molecule has 3 rings (SSSR count). The fourth-order valence-electron chi connectivity index (χ4n) is 4.98. The molecular weight excluding hydrogens is 428 g/mol. The van der Waals surface area contributed by atoms with Crippen LogP contribution in [0.3, 0.4) is 0 Å². The molecule has 2 saturated heterocycles. The summed E-state index contributed by atoms with van der Waals surface area (Å²) in [6, 6.07) is 1.20. The Morgan fingerprint density at radius 3 is 2.39 bits per heavy atom. The standard InChI is InChI=1S/C25H34O8/c1-13(12-23(6)22-25(8,33-22)16(4)32-23)10-14(2)20(30-17(5)26)24(7,28)21-15(3)18(29-9)11-19(27)31-21/h10-12,16,20,22,28H,1-9H3/b13-12+,14-10+/t16-,20+,22+,23+,24+,25-/m1/s1. The topological polar surface area (TPSA) is 108 Å². The van der Waals surface area contributed by atoms with Crippen LogP contribution in [0.25, 0.3) is 0 Å². The fourth-order valence-corrected chi connectivity index (χ4v) is 4.98. The second-order valence-corrected chi connectivity index (χ2v) is 9.63. The van der Waals surface area contributed by atoms with Gasteiger partial charge in [0.2, 0.25) is 0 Å². The molecule has 0 aliphatic carbocycles. The van der Waals surface area contributed by atoms with Crippen molar-refractivity contribution in [2.24, 2.45) is 0 Å². The molecule has 0 unspecified atom stereocenters. The van der Waals surface area contributed by atoms with E-state index in [-0.39, 0.29) is 29.3 Å². The summed E-state index contributed by atoms with van der Waals surface area (Å²) in [6.07, 6.45) is 2.60. The van der Waals surface area contributed by atoms with Crippen molar-refractivity contribution in [1.82, 2.24) is 0 Å². The van der Waals surface area contributed by atoms with Gasteiger partial charge in [-0.05, 0) is 60.1 Å². The third-order valence-corrected chi connectivity index (χ3v) is 6.61. The number of methoxy groups -OCH3 is 1. The van der Waals surface area contributed by atoms with E-state index < -0.39 is 28.9 Å². The van der Waals surface area contributed by atoms with Crippen LogP contribution in [-0.4, -0.2) is 47.7 Å². The van der Waals surface area contributed by atoms with Crippen LogP contribution < -0.4 is 10.4 Å². The highest BCUT2D eigenvalue weighted by molar-refractivity contribution is 5.66. The Kier molecular flexibility index (Phi) is 6.43. The monoisotopic (exact) mass is 462 g/mol. The minimum Gasteiger partial charge on any atom is -0.496 e. The summed E-state index contributed by atoms with van der Waals surface area (Å²) >= 11 is 0. The van der Waals surface area contributed by atoms with Crippen molar-refractivity contribution in [3.63, 3.8) is 0 Å². The highest BCUT2D eigenvalue weighted by Crippen LogP contribution is 2.55. The molecular formula is C25H34O8. The molecule has 2 aliphatic heterocycles. The van der Waals surface area contributed by atoms with Gasteiger partial charge in [-0.2, -0.15) is 0 Å². The Hall–Kier alpha value is -2.42. The van der Waals surface area contributed by atoms with E-state index >= 15 is 0 Å². The molecule has 1 aromatic heterocycles. The number of ether oxygens (including phenoxy) is 4. The van der Waals surface area contributed by atoms with Gasteiger partial charge in [0, 0.05) is 12.5 Å². The summed E-state index contributed by atoms with van der Waals surface area (Å²) in [6.45, 7) is 14.0. The molecule has 33 heavy (non-hydrogen) atoms. The van der Waals surface area contributed by atoms with Gasteiger partial charge in [0.25, 0.3) is 0 Å². The van der Waals surface area contributed by atoms with Crippen molar-refractivity contribution in [2.75, 3.05) is 7.11 Å². The fraction of sp³-hybridized carbons (Fsp3) is 0.600. The van der Waals surface area contributed by atoms with Gasteiger partial charge in [-0.25, -0.2) is 4.79 Å². The Balaban J connectivity index is 1.99. The van der Waals surface area contributed by atoms with Crippen LogP contribution >= 0.6 is 0 Å². The highest BCUT2D eigenvalue weighted by Gasteiger charge is 2.71. The van der Waals surface area contributed by atoms with Crippen LogP contribution in [-0.2, 0) is 24.6 Å². The highest BCUT2D eigenvalue weighted by atomic mass is 16.7. The van der Waals surface area contributed by atoms with E-state index in [1.807, 2.05) is 39.8 Å². The van der Waals surface area contributed by atoms with Gasteiger partial charge in [-0.3, -0.25) is 4.79 Å². The molecule has 1 aromatic rings. The summed E-state index contributed by atoms with van der Waals surface area (Å²) in [5.41, 5.74) is -1.56. The number of aliphatic hydroxyl groups is 1. The third kappa shape index (κ3) is 4.52. The first-order valence-electron chi connectivity index (χ1n) is 11.0. The molecule has 0 saturated carbocycles. The van der Waals surface area contributed by atoms with Crippen LogP contribution in [0.5, 0.6) is 5.75 Å². The predicted molar refractivity (Wildman–Crippen MR) is 121 cm³/mol. The van der Waals surface area contributed by atoms with E-state index in [1.54, 1.807) is 13.8 Å². The Bertz CT molecular complexity index is 1060. The largest absolute Gasteiger partial charge is 0.496 e. The number of carbonyl (C=O) groups is 1. The second kappa shape index (κ2) is 8.42. The number of fused-ring (bicyclic) bond motifs is 1. The normalized spacial score (nSPS) is 32.1. The first kappa shape index (κ1) is 25.2. The number of hydrogen-bond acceptors (Lipinski definition) is 8. The number of esters is 1. The van der Waals surface area contributed by atoms with E-state index in [4.69, 9.17) is 23.4 Å². The number of epoxide rings is 1. The van der Waals surface area contributed by atoms with Gasteiger partial charge in [-0.15, -0.1) is 0 Å². The summed E-state index contributed by atoms with van der Waals surface area (Å²) in [5.74, 6) is -0.345. The van der Waals surface area contributed by atoms with Gasteiger partial charge < -0.3 is 28.5 Å². The van der Waals surface area contributed by atoms with Crippen LogP contribution in [0.1, 0.15) is 59.8 Å². The first-order chi connectivity index (χ1) is 15.2. The average molecular weight is 463 g/mol. The lowest BCUT2D eigenvalue weighted by molar-refractivity contribution is -0.159. The number of rotatable bonds is 7. The number of hydrogen-bond donors (Lipinski definition) is 1. The van der Waals surface area contributed by atoms with Crippen LogP contribution in [0, 0.1) is 6.92 Å². The maximum Gasteiger partial charge on any atom is 0.339 e. The number of allylic oxidation sites excluding steroid dienone is 2. The van der Waals surface area contributed by atoms with Crippen LogP contribution in [0.4, 0.5) is 0 Å². The van der Waals surface area contributed by atoms with E-state index in [0.717, 1.165) is 5.57 Å². The van der Waals surface area contributed by atoms with Crippen molar-refractivity contribution in [3.8, 4) is 5.75 Å². The maximum atomic E-state index is 12.1. The lowest BCUT2D eigenvalue weighted by atomic mass is 9.87. The molecule has 8 heteroatoms. The summed E-state index contributed by atoms with van der Waals surface area (Å²) in [7, 11) is 1.42. The summed E-state index contributed by atoms with van der Waals surface area (Å²) in [4.78, 5) is 24.0. The van der Waals surface area contributed by atoms with E-state index in [2.05, 4.69) is 0 Å². The lowest BCUT2D eigenvalue weighted by Crippen LogP contribution is -2.41. The van der Waals surface area contributed by atoms with E-state index in [9.17, 15) is 14.7 Å². The van der Waals surface area contributed by atoms with Crippen molar-refractivity contribution < 1.29 is 33.3 Å². The second-order valence-electron chi connectivity index (χ2n) is 9.63. The van der Waals surface area contributed by atoms with Crippen LogP contribution in [0.15, 0.2) is 38.6 Å². The maximum absolute atomic E-state index is 12.1. The van der Waals surface area contributed by atoms with Crippen molar-refractivity contribution in [2.45, 2.75) is 90.5 Å². The molecule has 6 atom stereocenters. The van der Waals surface area contributed by atoms with Gasteiger partial charge in [0.1, 0.15) is 28.8 Å². The summed E-state index contributed by atoms with van der Waals surface area (Å²) < 4.78 is 28.1. The molecule has 0 spiro atoms. The molecule has 182 valence electrons. The molecule has 2 fully saturated rings. The van der Waals surface area contributed by atoms with Crippen molar-refractivity contribution in [1.29, 1.82) is 0 Å². The first-order valence-corrected chi connectivity index (χ1v) is 11.0. The Labute approximate surface area is 194 Å². The molecule has 8 nitrogen and oxygen atoms in total. The zero-order valence-electron chi connectivity index (χ0n) is 20.8. The quantitative estimate of drug-likeness (QED) is 0.374. The third-order valence-electron chi connectivity index (χ3n) is 6.61. The minimum atomic E-state index is -1.84. The van der Waals surface area contributed by atoms with Gasteiger partial charge >= 0.3 is 11.6 Å². The molecule has 0 aromatic carbocycles. The molecule has 0 amide bonds. The Morgan fingerprint density at radius 2 is 1.91 bits per heavy atom. The van der Waals surface area contributed by atoms with Gasteiger partial charge in [0.15, 0.2) is 11.7 Å². The van der Waals surface area contributed by atoms with Crippen LogP contribution in [0.2, 0.25) is 0 Å². The van der Waals surface area contributed by atoms with Crippen molar-refractivity contribution in [3.05, 3.63) is 51.1 Å². The smallest absolute Gasteiger partial charge is 0.339 e. The van der Waals surface area contributed by atoms with Crippen molar-refractivity contribution >= 4 is 5.97 Å². The van der Waals surface area contributed by atoms with E-state index in [1.165, 1.54) is 27.0 Å². The Morgan fingerprint density at radius 1 is 1.27 bits per heavy atom. The molecule has 0 bridgehead atoms. The SMILES string of the molecule is COc1cc(=O)oc([C@@](C)(O)[C@@H](OC(C)=O)/C(C)=C/C(C)=C/[C@]2(C)O[C@H](C)[C@@]3(C)O[C@H]32)c1C. The number of carbonyl (C=O) groups excluding carboxylic acids is 1. The average Bonchev–Trinajstić information content (AvgIpc) is 3.36. The van der Waals surface area contributed by atoms with E-state index in [0.29, 0.717) is 11.1 Å². The molecule has 3 heterocycles. The molecule has 2 aliphatic rings.